The second-order valence-corrected chi connectivity index (χ2v) is 6.97. The first-order chi connectivity index (χ1) is 8.56. The summed E-state index contributed by atoms with van der Waals surface area (Å²) >= 11 is 11.1. The van der Waals surface area contributed by atoms with Gasteiger partial charge in [0.1, 0.15) is 0 Å². The van der Waals surface area contributed by atoms with Crippen molar-refractivity contribution in [3.63, 3.8) is 0 Å². The van der Waals surface area contributed by atoms with E-state index in [0.717, 1.165) is 8.81 Å². The molecule has 18 heavy (non-hydrogen) atoms. The van der Waals surface area contributed by atoms with Crippen molar-refractivity contribution in [1.29, 1.82) is 0 Å². The topological polar surface area (TPSA) is 12.0 Å². The fourth-order valence-electron chi connectivity index (χ4n) is 1.89. The number of rotatable bonds is 4. The molecule has 1 nitrogen and oxygen atoms in total. The third-order valence-electron chi connectivity index (χ3n) is 2.87. The number of hydrogen-bond donors (Lipinski definition) is 1. The molecule has 0 fully saturated rings. The zero-order valence-electron chi connectivity index (χ0n) is 10.3. The van der Waals surface area contributed by atoms with Gasteiger partial charge in [-0.25, -0.2) is 0 Å². The third kappa shape index (κ3) is 3.58. The van der Waals surface area contributed by atoms with Crippen molar-refractivity contribution >= 4 is 38.9 Å². The molecule has 2 atom stereocenters. The van der Waals surface area contributed by atoms with Gasteiger partial charge in [-0.15, -0.1) is 11.3 Å². The molecule has 0 saturated carbocycles. The summed E-state index contributed by atoms with van der Waals surface area (Å²) in [7, 11) is 0. The highest BCUT2D eigenvalue weighted by Gasteiger charge is 2.12. The standard InChI is InChI=1S/C14H15BrClNS/c1-9(11-4-3-5-12(15)8-11)17-10(2)13-6-7-14(16)18-13/h3-10,17H,1-2H3. The van der Waals surface area contributed by atoms with Crippen molar-refractivity contribution in [2.75, 3.05) is 0 Å². The Kier molecular flexibility index (Phi) is 4.84. The van der Waals surface area contributed by atoms with Crippen LogP contribution in [-0.4, -0.2) is 0 Å². The summed E-state index contributed by atoms with van der Waals surface area (Å²) in [5.41, 5.74) is 1.28. The molecule has 1 aromatic carbocycles. The van der Waals surface area contributed by atoms with Gasteiger partial charge in [0.15, 0.2) is 0 Å². The fraction of sp³-hybridized carbons (Fsp3) is 0.286. The van der Waals surface area contributed by atoms with Crippen LogP contribution in [0.15, 0.2) is 40.9 Å². The Bertz CT molecular complexity index is 526. The molecule has 1 aromatic heterocycles. The largest absolute Gasteiger partial charge is 0.303 e. The Morgan fingerprint density at radius 2 is 1.94 bits per heavy atom. The van der Waals surface area contributed by atoms with Gasteiger partial charge in [0.2, 0.25) is 0 Å². The quantitative estimate of drug-likeness (QED) is 0.764. The molecule has 1 N–H and O–H groups in total. The molecular weight excluding hydrogens is 330 g/mol. The lowest BCUT2D eigenvalue weighted by Crippen LogP contribution is -2.21. The molecule has 4 heteroatoms. The van der Waals surface area contributed by atoms with E-state index in [-0.39, 0.29) is 0 Å². The van der Waals surface area contributed by atoms with Crippen LogP contribution in [0, 0.1) is 0 Å². The minimum Gasteiger partial charge on any atom is -0.303 e. The molecule has 1 heterocycles. The molecule has 0 aliphatic heterocycles. The van der Waals surface area contributed by atoms with Crippen molar-refractivity contribution in [3.8, 4) is 0 Å². The molecule has 0 radical (unpaired) electrons. The van der Waals surface area contributed by atoms with Gasteiger partial charge in [-0.1, -0.05) is 39.7 Å². The van der Waals surface area contributed by atoms with Crippen LogP contribution in [0.4, 0.5) is 0 Å². The maximum atomic E-state index is 5.96. The second-order valence-electron chi connectivity index (χ2n) is 4.31. The van der Waals surface area contributed by atoms with Crippen molar-refractivity contribution in [3.05, 3.63) is 55.6 Å². The van der Waals surface area contributed by atoms with E-state index >= 15 is 0 Å². The molecule has 0 aliphatic carbocycles. The van der Waals surface area contributed by atoms with Gasteiger partial charge < -0.3 is 5.32 Å². The summed E-state index contributed by atoms with van der Waals surface area (Å²) in [6.45, 7) is 4.34. The molecule has 0 bridgehead atoms. The van der Waals surface area contributed by atoms with E-state index in [1.54, 1.807) is 11.3 Å². The van der Waals surface area contributed by atoms with Crippen LogP contribution >= 0.6 is 38.9 Å². The first-order valence-corrected chi connectivity index (χ1v) is 7.82. The van der Waals surface area contributed by atoms with Gasteiger partial charge in [0.05, 0.1) is 4.34 Å². The second kappa shape index (κ2) is 6.20. The molecule has 0 saturated heterocycles. The molecule has 96 valence electrons. The van der Waals surface area contributed by atoms with Crippen LogP contribution in [0.1, 0.15) is 36.4 Å². The van der Waals surface area contributed by atoms with Gasteiger partial charge in [-0.2, -0.15) is 0 Å². The summed E-state index contributed by atoms with van der Waals surface area (Å²) in [5.74, 6) is 0. The van der Waals surface area contributed by atoms with Crippen molar-refractivity contribution in [2.24, 2.45) is 0 Å². The maximum Gasteiger partial charge on any atom is 0.0931 e. The number of nitrogens with one attached hydrogen (secondary N) is 1. The van der Waals surface area contributed by atoms with Gasteiger partial charge in [0, 0.05) is 21.4 Å². The number of benzene rings is 1. The summed E-state index contributed by atoms with van der Waals surface area (Å²) in [5, 5.41) is 3.58. The zero-order valence-corrected chi connectivity index (χ0v) is 13.4. The van der Waals surface area contributed by atoms with Gasteiger partial charge in [-0.05, 0) is 43.7 Å². The van der Waals surface area contributed by atoms with Gasteiger partial charge in [-0.3, -0.25) is 0 Å². The predicted octanol–water partition coefficient (Wildman–Crippen LogP) is 5.58. The molecule has 2 rings (SSSR count). The zero-order chi connectivity index (χ0) is 13.1. The summed E-state index contributed by atoms with van der Waals surface area (Å²) in [4.78, 5) is 1.27. The fourth-order valence-corrected chi connectivity index (χ4v) is 3.38. The molecular formula is C14H15BrClNS. The minimum atomic E-state index is 0.302. The first kappa shape index (κ1) is 14.1. The van der Waals surface area contributed by atoms with Gasteiger partial charge >= 0.3 is 0 Å². The van der Waals surface area contributed by atoms with E-state index in [1.165, 1.54) is 10.4 Å². The highest BCUT2D eigenvalue weighted by atomic mass is 79.9. The smallest absolute Gasteiger partial charge is 0.0931 e. The van der Waals surface area contributed by atoms with Crippen molar-refractivity contribution in [1.82, 2.24) is 5.32 Å². The molecule has 2 aromatic rings. The Hall–Kier alpha value is -0.350. The molecule has 0 spiro atoms. The maximum absolute atomic E-state index is 5.96. The van der Waals surface area contributed by atoms with Crippen LogP contribution in [0.5, 0.6) is 0 Å². The lowest BCUT2D eigenvalue weighted by atomic mass is 10.1. The number of hydrogen-bond acceptors (Lipinski definition) is 2. The van der Waals surface area contributed by atoms with E-state index in [2.05, 4.69) is 59.4 Å². The summed E-state index contributed by atoms with van der Waals surface area (Å²) < 4.78 is 1.95. The van der Waals surface area contributed by atoms with Crippen LogP contribution in [0.3, 0.4) is 0 Å². The normalized spacial score (nSPS) is 14.4. The van der Waals surface area contributed by atoms with Gasteiger partial charge in [0.25, 0.3) is 0 Å². The molecule has 0 aliphatic rings. The van der Waals surface area contributed by atoms with Crippen LogP contribution in [0.2, 0.25) is 4.34 Å². The van der Waals surface area contributed by atoms with E-state index in [1.807, 2.05) is 12.1 Å². The van der Waals surface area contributed by atoms with E-state index in [0.29, 0.717) is 12.1 Å². The molecule has 0 amide bonds. The van der Waals surface area contributed by atoms with Crippen molar-refractivity contribution < 1.29 is 0 Å². The van der Waals surface area contributed by atoms with E-state index < -0.39 is 0 Å². The minimum absolute atomic E-state index is 0.302. The van der Waals surface area contributed by atoms with E-state index in [4.69, 9.17) is 11.6 Å². The highest BCUT2D eigenvalue weighted by Crippen LogP contribution is 2.28. The summed E-state index contributed by atoms with van der Waals surface area (Å²) in [6.07, 6.45) is 0. The Morgan fingerprint density at radius 3 is 2.56 bits per heavy atom. The highest BCUT2D eigenvalue weighted by molar-refractivity contribution is 9.10. The SMILES string of the molecule is CC(NC(C)c1ccc(Cl)s1)c1cccc(Br)c1. The Morgan fingerprint density at radius 1 is 1.17 bits per heavy atom. The predicted molar refractivity (Wildman–Crippen MR) is 83.4 cm³/mol. The van der Waals surface area contributed by atoms with Crippen LogP contribution < -0.4 is 5.32 Å². The van der Waals surface area contributed by atoms with Crippen LogP contribution in [0.25, 0.3) is 0 Å². The average Bonchev–Trinajstić information content (AvgIpc) is 2.76. The molecule has 2 unspecified atom stereocenters. The Labute approximate surface area is 125 Å². The lowest BCUT2D eigenvalue weighted by molar-refractivity contribution is 0.500. The Balaban J connectivity index is 2.05. The summed E-state index contributed by atoms with van der Waals surface area (Å²) in [6, 6.07) is 13.0. The van der Waals surface area contributed by atoms with E-state index in [9.17, 15) is 0 Å². The number of halogens is 2. The lowest BCUT2D eigenvalue weighted by Gasteiger charge is -2.19. The number of thiophene rings is 1. The van der Waals surface area contributed by atoms with Crippen molar-refractivity contribution in [2.45, 2.75) is 25.9 Å². The average molecular weight is 345 g/mol. The third-order valence-corrected chi connectivity index (χ3v) is 4.78. The first-order valence-electron chi connectivity index (χ1n) is 5.83. The monoisotopic (exact) mass is 343 g/mol. The van der Waals surface area contributed by atoms with Crippen LogP contribution in [-0.2, 0) is 0 Å².